The van der Waals surface area contributed by atoms with Crippen LogP contribution in [0.3, 0.4) is 0 Å². The smallest absolute Gasteiger partial charge is 0.254 e. The number of hydrogen-bond donors (Lipinski definition) is 2. The Labute approximate surface area is 230 Å². The molecule has 0 bridgehead atoms. The number of anilines is 2. The molecule has 1 unspecified atom stereocenters. The zero-order chi connectivity index (χ0) is 27.8. The van der Waals surface area contributed by atoms with Gasteiger partial charge in [0.2, 0.25) is 5.91 Å². The van der Waals surface area contributed by atoms with Gasteiger partial charge >= 0.3 is 0 Å². The van der Waals surface area contributed by atoms with Gasteiger partial charge < -0.3 is 25.2 Å². The van der Waals surface area contributed by atoms with Gasteiger partial charge in [-0.15, -0.1) is 0 Å². The minimum absolute atomic E-state index is 0.0391. The Bertz CT molecular complexity index is 1590. The third-order valence-electron chi connectivity index (χ3n) is 7.60. The second kappa shape index (κ2) is 10.6. The van der Waals surface area contributed by atoms with E-state index in [4.69, 9.17) is 4.74 Å². The third-order valence-corrected chi connectivity index (χ3v) is 7.60. The Morgan fingerprint density at radius 1 is 1.07 bits per heavy atom. The van der Waals surface area contributed by atoms with Crippen molar-refractivity contribution in [3.8, 4) is 17.0 Å². The van der Waals surface area contributed by atoms with Gasteiger partial charge in [0.15, 0.2) is 23.0 Å². The lowest BCUT2D eigenvalue weighted by Gasteiger charge is -2.38. The number of piperazine rings is 1. The number of carbonyl (C=O) groups is 2. The number of hydrogen-bond acceptors (Lipinski definition) is 7. The molecule has 40 heavy (non-hydrogen) atoms. The minimum Gasteiger partial charge on any atom is -0.494 e. The highest BCUT2D eigenvalue weighted by Crippen LogP contribution is 2.29. The van der Waals surface area contributed by atoms with Crippen molar-refractivity contribution in [2.45, 2.75) is 19.4 Å². The fourth-order valence-electron chi connectivity index (χ4n) is 5.18. The molecule has 0 radical (unpaired) electrons. The zero-order valence-corrected chi connectivity index (χ0v) is 22.4. The standard InChI is InChI=1S/C29H30FN7O3/c1-18-15-20(4-5-21(18)28(38)35-11-13-36(14-12-35)29(39)23-7-8-31-23)34-26-27-33-17-24(37(27)10-9-32-26)19-3-6-25(40-2)22(30)16-19/h3-6,9-10,15-17,23,31H,7-8,11-14H2,1-2H3,(H,32,34). The molecule has 0 saturated carbocycles. The molecular formula is C29H30FN7O3. The van der Waals surface area contributed by atoms with E-state index in [1.807, 2.05) is 39.3 Å². The summed E-state index contributed by atoms with van der Waals surface area (Å²) < 4.78 is 21.2. The molecule has 2 N–H and O–H groups in total. The monoisotopic (exact) mass is 543 g/mol. The van der Waals surface area contributed by atoms with E-state index in [0.29, 0.717) is 54.5 Å². The maximum atomic E-state index is 14.3. The summed E-state index contributed by atoms with van der Waals surface area (Å²) in [5.74, 6) is 0.353. The highest BCUT2D eigenvalue weighted by Gasteiger charge is 2.32. The van der Waals surface area contributed by atoms with E-state index < -0.39 is 5.82 Å². The average Bonchev–Trinajstić information content (AvgIpc) is 3.37. The van der Waals surface area contributed by atoms with Crippen LogP contribution in [-0.4, -0.2) is 81.9 Å². The number of halogens is 1. The average molecular weight is 544 g/mol. The van der Waals surface area contributed by atoms with Gasteiger partial charge in [0, 0.05) is 55.4 Å². The lowest BCUT2D eigenvalue weighted by atomic mass is 10.0. The highest BCUT2D eigenvalue weighted by atomic mass is 19.1. The molecule has 1 atom stereocenters. The summed E-state index contributed by atoms with van der Waals surface area (Å²) in [5.41, 5.74) is 4.17. The topological polar surface area (TPSA) is 104 Å². The number of amides is 2. The van der Waals surface area contributed by atoms with Gasteiger partial charge in [-0.25, -0.2) is 14.4 Å². The Morgan fingerprint density at radius 3 is 2.52 bits per heavy atom. The maximum absolute atomic E-state index is 14.3. The molecule has 2 amide bonds. The predicted molar refractivity (Wildman–Crippen MR) is 148 cm³/mol. The van der Waals surface area contributed by atoms with Gasteiger partial charge in [0.1, 0.15) is 0 Å². The first-order valence-corrected chi connectivity index (χ1v) is 13.3. The number of nitrogens with zero attached hydrogens (tertiary/aromatic N) is 5. The lowest BCUT2D eigenvalue weighted by Crippen LogP contribution is -2.59. The van der Waals surface area contributed by atoms with Crippen LogP contribution in [0.5, 0.6) is 5.75 Å². The molecule has 2 aliphatic rings. The first-order valence-electron chi connectivity index (χ1n) is 13.3. The zero-order valence-electron chi connectivity index (χ0n) is 22.4. The Balaban J connectivity index is 1.16. The number of nitrogens with one attached hydrogen (secondary N) is 2. The molecule has 6 rings (SSSR count). The van der Waals surface area contributed by atoms with Crippen LogP contribution in [0.1, 0.15) is 22.3 Å². The van der Waals surface area contributed by atoms with Gasteiger partial charge in [-0.2, -0.15) is 0 Å². The van der Waals surface area contributed by atoms with Crippen LogP contribution in [-0.2, 0) is 4.79 Å². The summed E-state index contributed by atoms with van der Waals surface area (Å²) in [6.07, 6.45) is 5.98. The largest absolute Gasteiger partial charge is 0.494 e. The fraction of sp³-hybridized carbons (Fsp3) is 0.310. The van der Waals surface area contributed by atoms with Crippen LogP contribution in [0.15, 0.2) is 55.0 Å². The van der Waals surface area contributed by atoms with Crippen molar-refractivity contribution in [1.82, 2.24) is 29.5 Å². The molecule has 10 nitrogen and oxygen atoms in total. The Kier molecular flexibility index (Phi) is 6.81. The van der Waals surface area contributed by atoms with Crippen LogP contribution in [0, 0.1) is 12.7 Å². The number of aryl methyl sites for hydroxylation is 1. The van der Waals surface area contributed by atoms with Crippen molar-refractivity contribution < 1.29 is 18.7 Å². The van der Waals surface area contributed by atoms with E-state index in [1.54, 1.807) is 30.7 Å². The number of benzene rings is 2. The van der Waals surface area contributed by atoms with Gasteiger partial charge in [-0.05, 0) is 61.9 Å². The normalized spacial score (nSPS) is 17.0. The van der Waals surface area contributed by atoms with Gasteiger partial charge in [-0.3, -0.25) is 14.0 Å². The predicted octanol–water partition coefficient (Wildman–Crippen LogP) is 3.24. The summed E-state index contributed by atoms with van der Waals surface area (Å²) in [7, 11) is 1.43. The third kappa shape index (κ3) is 4.73. The quantitative estimate of drug-likeness (QED) is 0.385. The molecule has 4 heterocycles. The molecule has 0 spiro atoms. The number of aromatic nitrogens is 3. The van der Waals surface area contributed by atoms with Gasteiger partial charge in [0.25, 0.3) is 5.91 Å². The van der Waals surface area contributed by atoms with E-state index in [-0.39, 0.29) is 23.6 Å². The van der Waals surface area contributed by atoms with Crippen molar-refractivity contribution in [1.29, 1.82) is 0 Å². The van der Waals surface area contributed by atoms with Crippen LogP contribution in [0.4, 0.5) is 15.9 Å². The molecule has 2 saturated heterocycles. The molecule has 2 fully saturated rings. The molecule has 0 aliphatic carbocycles. The molecule has 2 aliphatic heterocycles. The lowest BCUT2D eigenvalue weighted by molar-refractivity contribution is -0.136. The van der Waals surface area contributed by atoms with Crippen molar-refractivity contribution in [3.05, 3.63) is 71.9 Å². The first kappa shape index (κ1) is 25.8. The van der Waals surface area contributed by atoms with Crippen molar-refractivity contribution in [3.63, 3.8) is 0 Å². The SMILES string of the molecule is COc1ccc(-c2cnc3c(Nc4ccc(C(=O)N5CCN(C(=O)C6CCN6)CC5)c(C)c4)nccn23)cc1F. The Hall–Kier alpha value is -4.51. The van der Waals surface area contributed by atoms with Crippen molar-refractivity contribution >= 4 is 29.0 Å². The maximum Gasteiger partial charge on any atom is 0.254 e. The van der Waals surface area contributed by atoms with Crippen molar-refractivity contribution in [2.75, 3.05) is 45.2 Å². The van der Waals surface area contributed by atoms with Crippen LogP contribution < -0.4 is 15.4 Å². The van der Waals surface area contributed by atoms with Crippen LogP contribution in [0.25, 0.3) is 16.9 Å². The molecule has 2 aromatic carbocycles. The number of rotatable bonds is 6. The summed E-state index contributed by atoms with van der Waals surface area (Å²) in [6, 6.07) is 10.3. The number of methoxy groups -OCH3 is 1. The Morgan fingerprint density at radius 2 is 1.85 bits per heavy atom. The van der Waals surface area contributed by atoms with E-state index >= 15 is 0 Å². The molecule has 11 heteroatoms. The fourth-order valence-corrected chi connectivity index (χ4v) is 5.18. The van der Waals surface area contributed by atoms with Crippen LogP contribution in [0.2, 0.25) is 0 Å². The second-order valence-electron chi connectivity index (χ2n) is 10.0. The first-order chi connectivity index (χ1) is 19.4. The summed E-state index contributed by atoms with van der Waals surface area (Å²) in [4.78, 5) is 38.4. The van der Waals surface area contributed by atoms with E-state index in [0.717, 1.165) is 24.2 Å². The summed E-state index contributed by atoms with van der Waals surface area (Å²) in [6.45, 7) is 4.92. The summed E-state index contributed by atoms with van der Waals surface area (Å²) in [5, 5.41) is 6.46. The van der Waals surface area contributed by atoms with Gasteiger partial charge in [0.05, 0.1) is 25.0 Å². The molecule has 2 aromatic heterocycles. The van der Waals surface area contributed by atoms with E-state index in [9.17, 15) is 14.0 Å². The molecule has 4 aromatic rings. The second-order valence-corrected chi connectivity index (χ2v) is 10.0. The van der Waals surface area contributed by atoms with Crippen molar-refractivity contribution in [2.24, 2.45) is 0 Å². The minimum atomic E-state index is -0.450. The van der Waals surface area contributed by atoms with Gasteiger partial charge in [-0.1, -0.05) is 0 Å². The van der Waals surface area contributed by atoms with E-state index in [2.05, 4.69) is 20.6 Å². The summed E-state index contributed by atoms with van der Waals surface area (Å²) >= 11 is 0. The van der Waals surface area contributed by atoms with Crippen LogP contribution >= 0.6 is 0 Å². The number of imidazole rings is 1. The molecular weight excluding hydrogens is 513 g/mol. The molecule has 206 valence electrons. The number of carbonyl (C=O) groups excluding carboxylic acids is 2. The highest BCUT2D eigenvalue weighted by molar-refractivity contribution is 5.96. The number of ether oxygens (including phenoxy) is 1. The van der Waals surface area contributed by atoms with E-state index in [1.165, 1.54) is 13.2 Å². The number of fused-ring (bicyclic) bond motifs is 1.